The van der Waals surface area contributed by atoms with Gasteiger partial charge >= 0.3 is 0 Å². The number of hydrogen-bond acceptors (Lipinski definition) is 3. The van der Waals surface area contributed by atoms with Crippen molar-refractivity contribution in [3.8, 4) is 0 Å². The Kier molecular flexibility index (Phi) is 20.1. The van der Waals surface area contributed by atoms with Crippen LogP contribution in [0.2, 0.25) is 0 Å². The van der Waals surface area contributed by atoms with Crippen molar-refractivity contribution in [2.45, 2.75) is 128 Å². The van der Waals surface area contributed by atoms with Crippen LogP contribution in [0.5, 0.6) is 0 Å². The maximum atomic E-state index is 4.86. The monoisotopic (exact) mass is 848 g/mol. The van der Waals surface area contributed by atoms with Gasteiger partial charge in [-0.2, -0.15) is 0 Å². The molecule has 0 unspecified atom stereocenters. The van der Waals surface area contributed by atoms with Gasteiger partial charge in [-0.25, -0.2) is 0 Å². The summed E-state index contributed by atoms with van der Waals surface area (Å²) in [5.74, 6) is 1.58. The summed E-state index contributed by atoms with van der Waals surface area (Å²) < 4.78 is 0. The summed E-state index contributed by atoms with van der Waals surface area (Å²) in [4.78, 5) is 1.01. The number of fused-ring (bicyclic) bond motifs is 2. The minimum absolute atomic E-state index is 0.161. The molecule has 3 aliphatic carbocycles. The maximum Gasteiger partial charge on any atom is 0.242 e. The first-order valence-electron chi connectivity index (χ1n) is 22.7. The van der Waals surface area contributed by atoms with E-state index >= 15 is 0 Å². The van der Waals surface area contributed by atoms with Crippen LogP contribution in [0.25, 0.3) is 21.5 Å². The Morgan fingerprint density at radius 3 is 1.65 bits per heavy atom. The van der Waals surface area contributed by atoms with Crippen molar-refractivity contribution in [3.63, 3.8) is 0 Å². The lowest BCUT2D eigenvalue weighted by molar-refractivity contribution is 0.443. The van der Waals surface area contributed by atoms with E-state index in [0.717, 1.165) is 16.7 Å². The fourth-order valence-corrected chi connectivity index (χ4v) is 9.44. The summed E-state index contributed by atoms with van der Waals surface area (Å²) in [6.07, 6.45) is 24.9. The van der Waals surface area contributed by atoms with E-state index in [2.05, 4.69) is 172 Å². The number of thiol groups is 2. The van der Waals surface area contributed by atoms with E-state index in [1.54, 1.807) is 5.56 Å². The highest BCUT2D eigenvalue weighted by molar-refractivity contribution is 8.68. The Morgan fingerprint density at radius 2 is 1.12 bits per heavy atom. The third-order valence-electron chi connectivity index (χ3n) is 12.3. The van der Waals surface area contributed by atoms with Crippen LogP contribution in [0.3, 0.4) is 0 Å². The Labute approximate surface area is 379 Å². The standard InChI is InChI=1S/C33H31BS.C13H18.C7H10.C2H6.CH4S2/c1-23-9-8-12-26-20-32-27(21-31(23)26)19-30(35)22-33(32)34(28-13-6-3-7-14-28)29-17-15-25(16-18-29)24-10-4-2-5-11-24;1-11-7-9-13(10-8-11)12-5-3-2-4-6-12;1-7-5-3-2-4-6-7;1-2;1-3-2/h3,6-9,12-22,24,35H,2,4-5,10-11H2,1H3;7-10,12H,2-6H2,1H3;3,5-6H,2,4H2,1H3;1-2H3;2H,1H3. The molecule has 0 saturated heterocycles. The van der Waals surface area contributed by atoms with E-state index in [0.29, 0.717) is 0 Å². The van der Waals surface area contributed by atoms with Crippen LogP contribution in [-0.2, 0) is 0 Å². The molecule has 3 aliphatic rings. The number of allylic oxidation sites excluding steroid dienone is 4. The molecule has 0 bridgehead atoms. The van der Waals surface area contributed by atoms with E-state index in [1.165, 1.54) is 148 Å². The van der Waals surface area contributed by atoms with Gasteiger partial charge in [-0.1, -0.05) is 201 Å². The van der Waals surface area contributed by atoms with Gasteiger partial charge in [0.05, 0.1) is 0 Å². The molecule has 60 heavy (non-hydrogen) atoms. The molecule has 0 nitrogen and oxygen atoms in total. The van der Waals surface area contributed by atoms with Gasteiger partial charge < -0.3 is 0 Å². The lowest BCUT2D eigenvalue weighted by Gasteiger charge is -2.23. The zero-order valence-electron chi connectivity index (χ0n) is 37.3. The van der Waals surface area contributed by atoms with E-state index in [4.69, 9.17) is 12.6 Å². The first-order chi connectivity index (χ1) is 29.3. The van der Waals surface area contributed by atoms with Crippen LogP contribution in [0, 0.1) is 13.8 Å². The summed E-state index contributed by atoms with van der Waals surface area (Å²) in [6.45, 7) is 10.6. The largest absolute Gasteiger partial charge is 0.242 e. The second kappa shape index (κ2) is 25.4. The van der Waals surface area contributed by atoms with Gasteiger partial charge in [0.25, 0.3) is 0 Å². The predicted molar refractivity (Wildman–Crippen MR) is 280 cm³/mol. The number of aryl methyl sites for hydroxylation is 2. The summed E-state index contributed by atoms with van der Waals surface area (Å²) >= 11 is 8.56. The first kappa shape index (κ1) is 47.5. The van der Waals surface area contributed by atoms with Gasteiger partial charge in [0, 0.05) is 4.90 Å². The average Bonchev–Trinajstić information content (AvgIpc) is 3.29. The summed E-state index contributed by atoms with van der Waals surface area (Å²) in [7, 11) is 1.44. The van der Waals surface area contributed by atoms with E-state index in [-0.39, 0.29) is 6.71 Å². The predicted octanol–water partition coefficient (Wildman–Crippen LogP) is 15.7. The van der Waals surface area contributed by atoms with Crippen molar-refractivity contribution in [1.82, 2.24) is 0 Å². The van der Waals surface area contributed by atoms with Crippen molar-refractivity contribution >= 4 is 79.7 Å². The molecule has 0 N–H and O–H groups in total. The van der Waals surface area contributed by atoms with Gasteiger partial charge in [-0.15, -0.1) is 35.1 Å². The van der Waals surface area contributed by atoms with E-state index in [1.807, 2.05) is 20.1 Å². The van der Waals surface area contributed by atoms with Crippen LogP contribution in [0.1, 0.15) is 132 Å². The van der Waals surface area contributed by atoms with Crippen LogP contribution < -0.4 is 16.4 Å². The van der Waals surface area contributed by atoms with Crippen molar-refractivity contribution in [1.29, 1.82) is 0 Å². The lowest BCUT2D eigenvalue weighted by atomic mass is 9.36. The second-order valence-electron chi connectivity index (χ2n) is 16.6. The highest BCUT2D eigenvalue weighted by Crippen LogP contribution is 2.33. The van der Waals surface area contributed by atoms with E-state index < -0.39 is 0 Å². The second-order valence-corrected chi connectivity index (χ2v) is 18.6. The first-order valence-corrected chi connectivity index (χ1v) is 25.4. The molecule has 0 aromatic heterocycles. The quantitative estimate of drug-likeness (QED) is 0.0754. The molecule has 4 heteroatoms. The number of hydrogen-bond donors (Lipinski definition) is 2. The van der Waals surface area contributed by atoms with Gasteiger partial charge in [0.2, 0.25) is 6.71 Å². The average molecular weight is 849 g/mol. The molecule has 9 rings (SSSR count). The molecule has 314 valence electrons. The van der Waals surface area contributed by atoms with Gasteiger partial charge in [0.1, 0.15) is 0 Å². The highest BCUT2D eigenvalue weighted by Gasteiger charge is 2.25. The Hall–Kier alpha value is -3.57. The fourth-order valence-electron chi connectivity index (χ4n) is 9.16. The highest BCUT2D eigenvalue weighted by atomic mass is 33.1. The van der Waals surface area contributed by atoms with Crippen molar-refractivity contribution in [3.05, 3.63) is 167 Å². The number of benzene rings is 6. The minimum Gasteiger partial charge on any atom is -0.143 e. The van der Waals surface area contributed by atoms with Crippen molar-refractivity contribution in [2.24, 2.45) is 0 Å². The molecule has 0 aliphatic heterocycles. The molecule has 0 heterocycles. The zero-order chi connectivity index (χ0) is 42.7. The third kappa shape index (κ3) is 13.7. The van der Waals surface area contributed by atoms with Crippen LogP contribution >= 0.6 is 35.1 Å². The van der Waals surface area contributed by atoms with E-state index in [9.17, 15) is 0 Å². The fraction of sp³-hybridized carbons (Fsp3) is 0.357. The Morgan fingerprint density at radius 1 is 0.567 bits per heavy atom. The SMILES string of the molecule is CC.CC1=CCCC=C1.CSS.Cc1ccc(C2CCCCC2)cc1.Cc1cccc2cc3c(B(c4ccccc4)c4ccc(C5CCCCC5)cc4)cc(S)cc3cc12. The third-order valence-corrected chi connectivity index (χ3v) is 12.6. The molecule has 0 amide bonds. The molecule has 6 aromatic rings. The molecule has 0 spiro atoms. The lowest BCUT2D eigenvalue weighted by Crippen LogP contribution is -2.52. The zero-order valence-corrected chi connectivity index (χ0v) is 39.9. The molecule has 0 atom stereocenters. The topological polar surface area (TPSA) is 0 Å². The normalized spacial score (nSPS) is 15.2. The maximum absolute atomic E-state index is 4.86. The molecular formula is C56H69BS3. The molecule has 0 radical (unpaired) electrons. The minimum atomic E-state index is 0.161. The van der Waals surface area contributed by atoms with Gasteiger partial charge in [0.15, 0.2) is 0 Å². The van der Waals surface area contributed by atoms with Crippen LogP contribution in [0.15, 0.2) is 150 Å². The number of rotatable bonds is 5. The molecule has 2 fully saturated rings. The van der Waals surface area contributed by atoms with Crippen molar-refractivity contribution < 1.29 is 0 Å². The van der Waals surface area contributed by atoms with Gasteiger partial charge in [-0.05, 0) is 134 Å². The summed E-state index contributed by atoms with van der Waals surface area (Å²) in [5, 5.41) is 5.18. The smallest absolute Gasteiger partial charge is 0.143 e. The molecular weight excluding hydrogens is 780 g/mol. The summed E-state index contributed by atoms with van der Waals surface area (Å²) in [5.41, 5.74) is 11.2. The summed E-state index contributed by atoms with van der Waals surface area (Å²) in [6, 6.07) is 45.4. The van der Waals surface area contributed by atoms with Crippen LogP contribution in [0.4, 0.5) is 0 Å². The Balaban J connectivity index is 0.000000222. The van der Waals surface area contributed by atoms with Gasteiger partial charge in [-0.3, -0.25) is 0 Å². The molecule has 2 saturated carbocycles. The van der Waals surface area contributed by atoms with Crippen molar-refractivity contribution in [2.75, 3.05) is 6.26 Å². The van der Waals surface area contributed by atoms with Crippen LogP contribution in [-0.4, -0.2) is 13.0 Å². The molecule has 6 aromatic carbocycles. The Bertz CT molecular complexity index is 2230.